The zero-order valence-electron chi connectivity index (χ0n) is 12.5. The molecule has 1 aliphatic rings. The van der Waals surface area contributed by atoms with Crippen LogP contribution in [0.25, 0.3) is 11.3 Å². The molecule has 4 rings (SSSR count). The van der Waals surface area contributed by atoms with Gasteiger partial charge < -0.3 is 9.47 Å². The van der Waals surface area contributed by atoms with Gasteiger partial charge >= 0.3 is 0 Å². The number of nitrogens with zero attached hydrogens (tertiary/aromatic N) is 2. The predicted octanol–water partition coefficient (Wildman–Crippen LogP) is 4.46. The number of thiazole rings is 1. The van der Waals surface area contributed by atoms with Crippen molar-refractivity contribution in [3.05, 3.63) is 59.0 Å². The van der Waals surface area contributed by atoms with Gasteiger partial charge in [0.15, 0.2) is 0 Å². The molecule has 0 aliphatic carbocycles. The number of aliphatic imine (C=N–C) groups is 1. The summed E-state index contributed by atoms with van der Waals surface area (Å²) in [6, 6.07) is 15.8. The van der Waals surface area contributed by atoms with Crippen LogP contribution in [0.2, 0.25) is 0 Å². The molecule has 114 valence electrons. The highest BCUT2D eigenvalue weighted by molar-refractivity contribution is 7.15. The second kappa shape index (κ2) is 5.85. The van der Waals surface area contributed by atoms with Crippen LogP contribution < -0.4 is 9.47 Å². The fraction of sp³-hybridized carbons (Fsp3) is 0.111. The maximum Gasteiger partial charge on any atom is 0.210 e. The van der Waals surface area contributed by atoms with E-state index in [1.165, 1.54) is 0 Å². The topological polar surface area (TPSA) is 43.7 Å². The third-order valence-electron chi connectivity index (χ3n) is 3.61. The lowest BCUT2D eigenvalue weighted by molar-refractivity contribution is 0.303. The largest absolute Gasteiger partial charge is 0.497 e. The van der Waals surface area contributed by atoms with Gasteiger partial charge in [-0.05, 0) is 17.7 Å². The predicted molar refractivity (Wildman–Crippen MR) is 92.1 cm³/mol. The van der Waals surface area contributed by atoms with Crippen LogP contribution in [-0.2, 0) is 6.61 Å². The van der Waals surface area contributed by atoms with Gasteiger partial charge in [-0.3, -0.25) is 0 Å². The van der Waals surface area contributed by atoms with Crippen molar-refractivity contribution in [3.8, 4) is 22.8 Å². The van der Waals surface area contributed by atoms with Crippen LogP contribution in [0.1, 0.15) is 10.4 Å². The number of fused-ring (bicyclic) bond motifs is 3. The van der Waals surface area contributed by atoms with Crippen molar-refractivity contribution in [2.45, 2.75) is 6.61 Å². The first kappa shape index (κ1) is 14.0. The summed E-state index contributed by atoms with van der Waals surface area (Å²) in [5, 5.41) is 0.742. The molecule has 4 nitrogen and oxygen atoms in total. The molecule has 0 N–H and O–H groups in total. The molecule has 0 atom stereocenters. The monoisotopic (exact) mass is 322 g/mol. The second-order valence-electron chi connectivity index (χ2n) is 5.09. The Morgan fingerprint density at radius 3 is 2.91 bits per heavy atom. The molecule has 0 saturated carbocycles. The van der Waals surface area contributed by atoms with Crippen LogP contribution in [0.4, 0.5) is 5.13 Å². The summed E-state index contributed by atoms with van der Waals surface area (Å²) >= 11 is 1.56. The molecule has 0 amide bonds. The van der Waals surface area contributed by atoms with E-state index in [-0.39, 0.29) is 0 Å². The summed E-state index contributed by atoms with van der Waals surface area (Å²) in [7, 11) is 1.65. The summed E-state index contributed by atoms with van der Waals surface area (Å²) in [5.41, 5.74) is 3.01. The quantitative estimate of drug-likeness (QED) is 0.669. The highest BCUT2D eigenvalue weighted by Gasteiger charge is 2.22. The van der Waals surface area contributed by atoms with Crippen molar-refractivity contribution in [3.63, 3.8) is 0 Å². The molecule has 3 aromatic rings. The minimum absolute atomic E-state index is 0.522. The molecular weight excluding hydrogens is 308 g/mol. The second-order valence-corrected chi connectivity index (χ2v) is 6.15. The first-order chi connectivity index (χ1) is 11.3. The number of hydrogen-bond donors (Lipinski definition) is 0. The van der Waals surface area contributed by atoms with E-state index in [0.717, 1.165) is 38.3 Å². The highest BCUT2D eigenvalue weighted by Crippen LogP contribution is 2.42. The van der Waals surface area contributed by atoms with Crippen molar-refractivity contribution in [1.29, 1.82) is 0 Å². The van der Waals surface area contributed by atoms with Crippen LogP contribution in [0.3, 0.4) is 0 Å². The third kappa shape index (κ3) is 2.71. The maximum absolute atomic E-state index is 5.81. The van der Waals surface area contributed by atoms with Gasteiger partial charge in [0.2, 0.25) is 5.13 Å². The third-order valence-corrected chi connectivity index (χ3v) is 4.55. The van der Waals surface area contributed by atoms with E-state index in [2.05, 4.69) is 9.98 Å². The van der Waals surface area contributed by atoms with Gasteiger partial charge in [-0.2, -0.15) is 0 Å². The molecule has 1 aromatic heterocycles. The zero-order chi connectivity index (χ0) is 15.6. The molecule has 0 spiro atoms. The zero-order valence-corrected chi connectivity index (χ0v) is 13.3. The molecule has 0 saturated heterocycles. The van der Waals surface area contributed by atoms with E-state index in [1.807, 2.05) is 54.7 Å². The Labute approximate surface area is 138 Å². The van der Waals surface area contributed by atoms with Gasteiger partial charge in [-0.15, -0.1) is 0 Å². The molecule has 0 bridgehead atoms. The van der Waals surface area contributed by atoms with Gasteiger partial charge in [0.25, 0.3) is 0 Å². The number of rotatable bonds is 3. The van der Waals surface area contributed by atoms with Crippen molar-refractivity contribution >= 4 is 22.7 Å². The molecular formula is C18H14N2O2S. The molecule has 0 radical (unpaired) electrons. The summed E-state index contributed by atoms with van der Waals surface area (Å²) in [5.74, 6) is 1.59. The standard InChI is InChI=1S/C18H14N2O2S/c1-21-13-7-8-14-15(9-13)22-11-16-17(14)20-18(23-16)19-10-12-5-3-2-4-6-12/h2-10H,11H2,1H3. The van der Waals surface area contributed by atoms with Crippen molar-refractivity contribution < 1.29 is 9.47 Å². The van der Waals surface area contributed by atoms with Gasteiger partial charge in [-0.1, -0.05) is 41.7 Å². The van der Waals surface area contributed by atoms with Gasteiger partial charge in [0.05, 0.1) is 17.7 Å². The first-order valence-corrected chi connectivity index (χ1v) is 8.05. The minimum atomic E-state index is 0.522. The maximum atomic E-state index is 5.81. The van der Waals surface area contributed by atoms with Crippen molar-refractivity contribution in [2.75, 3.05) is 7.11 Å². The van der Waals surface area contributed by atoms with E-state index in [0.29, 0.717) is 6.61 Å². The van der Waals surface area contributed by atoms with E-state index in [1.54, 1.807) is 18.4 Å². The summed E-state index contributed by atoms with van der Waals surface area (Å²) in [6.45, 7) is 0.522. The Hall–Kier alpha value is -2.66. The summed E-state index contributed by atoms with van der Waals surface area (Å²) in [4.78, 5) is 10.3. The smallest absolute Gasteiger partial charge is 0.210 e. The molecule has 2 aromatic carbocycles. The Morgan fingerprint density at radius 2 is 2.09 bits per heavy atom. The minimum Gasteiger partial charge on any atom is -0.497 e. The normalized spacial score (nSPS) is 12.6. The van der Waals surface area contributed by atoms with E-state index in [9.17, 15) is 0 Å². The first-order valence-electron chi connectivity index (χ1n) is 7.23. The Bertz CT molecular complexity index is 872. The highest BCUT2D eigenvalue weighted by atomic mass is 32.1. The number of benzene rings is 2. The van der Waals surface area contributed by atoms with Crippen LogP contribution in [0.5, 0.6) is 11.5 Å². The molecule has 1 aliphatic heterocycles. The summed E-state index contributed by atoms with van der Waals surface area (Å²) in [6.07, 6.45) is 1.83. The van der Waals surface area contributed by atoms with Gasteiger partial charge in [-0.25, -0.2) is 9.98 Å². The Kier molecular flexibility index (Phi) is 3.55. The average molecular weight is 322 g/mol. The lowest BCUT2D eigenvalue weighted by atomic mass is 10.1. The fourth-order valence-electron chi connectivity index (χ4n) is 2.46. The molecule has 0 fully saturated rings. The summed E-state index contributed by atoms with van der Waals surface area (Å²) < 4.78 is 11.0. The van der Waals surface area contributed by atoms with Crippen LogP contribution >= 0.6 is 11.3 Å². The molecule has 2 heterocycles. The van der Waals surface area contributed by atoms with Gasteiger partial charge in [0, 0.05) is 17.8 Å². The molecule has 5 heteroatoms. The van der Waals surface area contributed by atoms with Crippen LogP contribution in [-0.4, -0.2) is 18.3 Å². The van der Waals surface area contributed by atoms with Crippen LogP contribution in [0.15, 0.2) is 53.5 Å². The van der Waals surface area contributed by atoms with Crippen molar-refractivity contribution in [1.82, 2.24) is 4.98 Å². The number of aromatic nitrogens is 1. The lowest BCUT2D eigenvalue weighted by Crippen LogP contribution is -2.03. The van der Waals surface area contributed by atoms with E-state index in [4.69, 9.17) is 9.47 Å². The Morgan fingerprint density at radius 1 is 1.22 bits per heavy atom. The SMILES string of the molecule is COc1ccc2c(c1)OCc1sc(N=Cc3ccccc3)nc1-2. The fourth-order valence-corrected chi connectivity index (χ4v) is 3.29. The number of methoxy groups -OCH3 is 1. The number of ether oxygens (including phenoxy) is 2. The number of hydrogen-bond acceptors (Lipinski definition) is 5. The Balaban J connectivity index is 1.67. The van der Waals surface area contributed by atoms with Gasteiger partial charge in [0.1, 0.15) is 18.1 Å². The van der Waals surface area contributed by atoms with Crippen molar-refractivity contribution in [2.24, 2.45) is 4.99 Å². The van der Waals surface area contributed by atoms with E-state index < -0.39 is 0 Å². The molecule has 23 heavy (non-hydrogen) atoms. The molecule has 0 unspecified atom stereocenters. The lowest BCUT2D eigenvalue weighted by Gasteiger charge is -2.16. The average Bonchev–Trinajstić information content (AvgIpc) is 3.04. The van der Waals surface area contributed by atoms with Crippen LogP contribution in [0, 0.1) is 0 Å². The van der Waals surface area contributed by atoms with E-state index >= 15 is 0 Å².